The molecule has 0 aromatic carbocycles. The molecule has 0 heterocycles. The van der Waals surface area contributed by atoms with Crippen molar-refractivity contribution in [3.63, 3.8) is 0 Å². The lowest BCUT2D eigenvalue weighted by molar-refractivity contribution is -0.127. The molecule has 0 spiro atoms. The number of nitrogens with two attached hydrogens (primary N) is 2. The largest absolute Gasteiger partial charge is 0.368 e. The minimum Gasteiger partial charge on any atom is -0.368 e. The van der Waals surface area contributed by atoms with Crippen molar-refractivity contribution in [1.29, 1.82) is 0 Å². The summed E-state index contributed by atoms with van der Waals surface area (Å²) in [6, 6.07) is -0.548. The van der Waals surface area contributed by atoms with Gasteiger partial charge in [-0.2, -0.15) is 0 Å². The summed E-state index contributed by atoms with van der Waals surface area (Å²) in [6.45, 7) is 2.81. The highest BCUT2D eigenvalue weighted by atomic mass is 16.2. The predicted octanol–water partition coefficient (Wildman–Crippen LogP) is 2.62. The smallest absolute Gasteiger partial charge is 0.239 e. The van der Waals surface area contributed by atoms with Gasteiger partial charge in [-0.05, 0) is 32.2 Å². The summed E-state index contributed by atoms with van der Waals surface area (Å²) in [6.07, 6.45) is 12.3. The maximum absolute atomic E-state index is 11.8. The van der Waals surface area contributed by atoms with Crippen molar-refractivity contribution in [3.8, 4) is 0 Å². The summed E-state index contributed by atoms with van der Waals surface area (Å²) in [5, 5.41) is 2.74. The van der Waals surface area contributed by atoms with Crippen LogP contribution in [-0.2, 0) is 9.59 Å². The Kier molecular flexibility index (Phi) is 14.1. The second-order valence-corrected chi connectivity index (χ2v) is 6.03. The van der Waals surface area contributed by atoms with E-state index >= 15 is 0 Å². The van der Waals surface area contributed by atoms with E-state index in [4.69, 9.17) is 11.5 Å². The van der Waals surface area contributed by atoms with Crippen molar-refractivity contribution in [2.24, 2.45) is 11.5 Å². The summed E-state index contributed by atoms with van der Waals surface area (Å²) in [5.41, 5.74) is 10.7. The van der Waals surface area contributed by atoms with Gasteiger partial charge in [0.1, 0.15) is 6.04 Å². The van der Waals surface area contributed by atoms with E-state index in [9.17, 15) is 9.59 Å². The van der Waals surface area contributed by atoms with Crippen LogP contribution in [-0.4, -0.2) is 24.4 Å². The molecular formula is C17H35N3O2. The number of nitrogens with one attached hydrogen (secondary N) is 1. The molecule has 0 aliphatic rings. The molecule has 130 valence electrons. The predicted molar refractivity (Wildman–Crippen MR) is 91.3 cm³/mol. The number of carbonyl (C=O) groups is 2. The van der Waals surface area contributed by atoms with E-state index in [1.165, 1.54) is 38.5 Å². The molecular weight excluding hydrogens is 278 g/mol. The third-order valence-electron chi connectivity index (χ3n) is 3.88. The number of amides is 2. The standard InChI is InChI=1S/C17H35N3O2/c1-2-3-4-5-6-7-8-9-13-16(21)20-15(17(19)22)12-10-11-14-18/h15H,2-14,18H2,1H3,(H2,19,22)(H,20,21). The van der Waals surface area contributed by atoms with Crippen molar-refractivity contribution in [3.05, 3.63) is 0 Å². The summed E-state index contributed by atoms with van der Waals surface area (Å²) in [7, 11) is 0. The number of unbranched alkanes of at least 4 members (excludes halogenated alkanes) is 8. The average molecular weight is 313 g/mol. The van der Waals surface area contributed by atoms with E-state index in [1.54, 1.807) is 0 Å². The van der Waals surface area contributed by atoms with Gasteiger partial charge in [-0.15, -0.1) is 0 Å². The lowest BCUT2D eigenvalue weighted by Crippen LogP contribution is -2.44. The number of rotatable bonds is 15. The quantitative estimate of drug-likeness (QED) is 0.405. The van der Waals surface area contributed by atoms with Gasteiger partial charge in [-0.3, -0.25) is 9.59 Å². The first-order chi connectivity index (χ1) is 10.6. The summed E-state index contributed by atoms with van der Waals surface area (Å²) >= 11 is 0. The van der Waals surface area contributed by atoms with Gasteiger partial charge in [0.2, 0.25) is 11.8 Å². The van der Waals surface area contributed by atoms with Crippen LogP contribution < -0.4 is 16.8 Å². The SMILES string of the molecule is CCCCCCCCCCC(=O)NC(CCCCN)C(N)=O. The molecule has 1 atom stereocenters. The number of primary amides is 1. The zero-order chi connectivity index (χ0) is 16.6. The van der Waals surface area contributed by atoms with E-state index in [1.807, 2.05) is 0 Å². The van der Waals surface area contributed by atoms with Gasteiger partial charge in [-0.25, -0.2) is 0 Å². The Morgan fingerprint density at radius 2 is 1.50 bits per heavy atom. The first-order valence-corrected chi connectivity index (χ1v) is 8.90. The third-order valence-corrected chi connectivity index (χ3v) is 3.88. The highest BCUT2D eigenvalue weighted by Crippen LogP contribution is 2.09. The molecule has 5 N–H and O–H groups in total. The molecule has 0 aromatic rings. The molecule has 0 saturated carbocycles. The van der Waals surface area contributed by atoms with Crippen molar-refractivity contribution >= 4 is 11.8 Å². The molecule has 5 heteroatoms. The van der Waals surface area contributed by atoms with Crippen molar-refractivity contribution in [2.75, 3.05) is 6.54 Å². The summed E-state index contributed by atoms with van der Waals surface area (Å²) < 4.78 is 0. The lowest BCUT2D eigenvalue weighted by atomic mass is 10.1. The first kappa shape index (κ1) is 20.9. The number of hydrogen-bond acceptors (Lipinski definition) is 3. The average Bonchev–Trinajstić information content (AvgIpc) is 2.49. The van der Waals surface area contributed by atoms with Crippen LogP contribution in [0.2, 0.25) is 0 Å². The van der Waals surface area contributed by atoms with Crippen LogP contribution in [0, 0.1) is 0 Å². The maximum atomic E-state index is 11.8. The third kappa shape index (κ3) is 12.6. The Morgan fingerprint density at radius 1 is 0.909 bits per heavy atom. The highest BCUT2D eigenvalue weighted by molar-refractivity contribution is 5.86. The Morgan fingerprint density at radius 3 is 2.05 bits per heavy atom. The Bertz CT molecular complexity index is 296. The van der Waals surface area contributed by atoms with Gasteiger partial charge < -0.3 is 16.8 Å². The van der Waals surface area contributed by atoms with Gasteiger partial charge in [0.25, 0.3) is 0 Å². The summed E-state index contributed by atoms with van der Waals surface area (Å²) in [5.74, 6) is -0.524. The molecule has 5 nitrogen and oxygen atoms in total. The van der Waals surface area contributed by atoms with Crippen molar-refractivity contribution in [2.45, 2.75) is 90.0 Å². The number of hydrogen-bond donors (Lipinski definition) is 3. The van der Waals surface area contributed by atoms with Gasteiger partial charge in [-0.1, -0.05) is 51.9 Å². The molecule has 1 unspecified atom stereocenters. The molecule has 0 radical (unpaired) electrons. The second-order valence-electron chi connectivity index (χ2n) is 6.03. The fourth-order valence-corrected chi connectivity index (χ4v) is 2.46. The topological polar surface area (TPSA) is 98.2 Å². The minimum atomic E-state index is -0.548. The van der Waals surface area contributed by atoms with Crippen LogP contribution in [0.3, 0.4) is 0 Å². The fraction of sp³-hybridized carbons (Fsp3) is 0.882. The zero-order valence-corrected chi connectivity index (χ0v) is 14.2. The van der Waals surface area contributed by atoms with E-state index in [2.05, 4.69) is 12.2 Å². The minimum absolute atomic E-state index is 0.0671. The van der Waals surface area contributed by atoms with E-state index in [0.717, 1.165) is 25.7 Å². The Hall–Kier alpha value is -1.10. The van der Waals surface area contributed by atoms with Crippen molar-refractivity contribution in [1.82, 2.24) is 5.32 Å². The maximum Gasteiger partial charge on any atom is 0.239 e. The fourth-order valence-electron chi connectivity index (χ4n) is 2.46. The highest BCUT2D eigenvalue weighted by Gasteiger charge is 2.16. The summed E-state index contributed by atoms with van der Waals surface area (Å²) in [4.78, 5) is 23.1. The van der Waals surface area contributed by atoms with Crippen LogP contribution in [0.1, 0.15) is 84.0 Å². The molecule has 0 fully saturated rings. The zero-order valence-electron chi connectivity index (χ0n) is 14.2. The van der Waals surface area contributed by atoms with E-state index in [-0.39, 0.29) is 5.91 Å². The van der Waals surface area contributed by atoms with Crippen LogP contribution in [0.25, 0.3) is 0 Å². The normalized spacial score (nSPS) is 12.1. The molecule has 0 aromatic heterocycles. The lowest BCUT2D eigenvalue weighted by Gasteiger charge is -2.15. The Labute approximate surface area is 135 Å². The van der Waals surface area contributed by atoms with Gasteiger partial charge >= 0.3 is 0 Å². The molecule has 0 aliphatic carbocycles. The molecule has 0 rings (SSSR count). The van der Waals surface area contributed by atoms with Gasteiger partial charge in [0, 0.05) is 6.42 Å². The molecule has 0 bridgehead atoms. The monoisotopic (exact) mass is 313 g/mol. The first-order valence-electron chi connectivity index (χ1n) is 8.90. The van der Waals surface area contributed by atoms with Crippen molar-refractivity contribution < 1.29 is 9.59 Å². The molecule has 0 aliphatic heterocycles. The van der Waals surface area contributed by atoms with Gasteiger partial charge in [0.15, 0.2) is 0 Å². The van der Waals surface area contributed by atoms with E-state index < -0.39 is 11.9 Å². The van der Waals surface area contributed by atoms with Crippen LogP contribution in [0.4, 0.5) is 0 Å². The second kappa shape index (κ2) is 14.8. The van der Waals surface area contributed by atoms with Crippen LogP contribution >= 0.6 is 0 Å². The van der Waals surface area contributed by atoms with Crippen LogP contribution in [0.15, 0.2) is 0 Å². The number of carbonyl (C=O) groups excluding carboxylic acids is 2. The van der Waals surface area contributed by atoms with E-state index in [0.29, 0.717) is 19.4 Å². The molecule has 2 amide bonds. The molecule has 0 saturated heterocycles. The van der Waals surface area contributed by atoms with Gasteiger partial charge in [0.05, 0.1) is 0 Å². The van der Waals surface area contributed by atoms with Crippen LogP contribution in [0.5, 0.6) is 0 Å². The molecule has 22 heavy (non-hydrogen) atoms. The Balaban J connectivity index is 3.66.